The minimum Gasteiger partial charge on any atom is -0.495 e. The van der Waals surface area contributed by atoms with Crippen LogP contribution in [0.1, 0.15) is 31.2 Å². The highest BCUT2D eigenvalue weighted by atomic mass is 32.2. The Hall–Kier alpha value is -3.11. The molecule has 0 atom stereocenters. The van der Waals surface area contributed by atoms with Gasteiger partial charge in [0.15, 0.2) is 5.58 Å². The molecule has 0 unspecified atom stereocenters. The van der Waals surface area contributed by atoms with Crippen molar-refractivity contribution in [1.29, 1.82) is 0 Å². The Morgan fingerprint density at radius 2 is 1.82 bits per heavy atom. The number of nitrogens with zero attached hydrogens (tertiary/aromatic N) is 2. The quantitative estimate of drug-likeness (QED) is 0.589. The van der Waals surface area contributed by atoms with E-state index in [1.54, 1.807) is 12.1 Å². The fraction of sp³-hybridized carbons (Fsp3) is 0.391. The number of anilines is 1. The predicted molar refractivity (Wildman–Crippen MR) is 124 cm³/mol. The number of methoxy groups -OCH3 is 1. The van der Waals surface area contributed by atoms with E-state index in [1.165, 1.54) is 34.2 Å². The molecular formula is C23H27N3O6S. The van der Waals surface area contributed by atoms with Crippen molar-refractivity contribution in [3.8, 4) is 5.75 Å². The fourth-order valence-electron chi connectivity index (χ4n) is 4.04. The van der Waals surface area contributed by atoms with Crippen LogP contribution in [0.5, 0.6) is 5.75 Å². The maximum Gasteiger partial charge on any atom is 0.420 e. The number of rotatable bonds is 6. The molecule has 1 aromatic heterocycles. The second-order valence-electron chi connectivity index (χ2n) is 8.15. The van der Waals surface area contributed by atoms with E-state index in [0.29, 0.717) is 30.0 Å². The summed E-state index contributed by atoms with van der Waals surface area (Å²) in [5.41, 5.74) is 1.90. The number of hydrogen-bond donors (Lipinski definition) is 1. The smallest absolute Gasteiger partial charge is 0.420 e. The normalized spacial score (nSPS) is 15.3. The van der Waals surface area contributed by atoms with Crippen LogP contribution in [0.2, 0.25) is 0 Å². The van der Waals surface area contributed by atoms with E-state index < -0.39 is 21.7 Å². The lowest BCUT2D eigenvalue weighted by molar-refractivity contribution is -0.116. The van der Waals surface area contributed by atoms with E-state index in [2.05, 4.69) is 5.32 Å². The number of hydrogen-bond acceptors (Lipinski definition) is 6. The highest BCUT2D eigenvalue weighted by molar-refractivity contribution is 7.89. The number of sulfonamides is 1. The van der Waals surface area contributed by atoms with Crippen molar-refractivity contribution in [1.82, 2.24) is 8.87 Å². The number of carbonyl (C=O) groups excluding carboxylic acids is 1. The van der Waals surface area contributed by atoms with Crippen molar-refractivity contribution in [2.75, 3.05) is 25.5 Å². The number of aromatic nitrogens is 1. The third-order valence-corrected chi connectivity index (χ3v) is 7.67. The van der Waals surface area contributed by atoms with Gasteiger partial charge in [-0.1, -0.05) is 18.9 Å². The molecule has 0 aliphatic carbocycles. The molecular weight excluding hydrogens is 446 g/mol. The molecule has 1 N–H and O–H groups in total. The molecule has 33 heavy (non-hydrogen) atoms. The predicted octanol–water partition coefficient (Wildman–Crippen LogP) is 3.11. The fourth-order valence-corrected chi connectivity index (χ4v) is 5.57. The van der Waals surface area contributed by atoms with Gasteiger partial charge in [0.05, 0.1) is 23.2 Å². The molecule has 1 fully saturated rings. The molecule has 4 rings (SSSR count). The largest absolute Gasteiger partial charge is 0.495 e. The topological polar surface area (TPSA) is 111 Å². The molecule has 1 aliphatic heterocycles. The third-order valence-electron chi connectivity index (χ3n) is 5.77. The minimum atomic E-state index is -3.69. The number of benzene rings is 2. The maximum absolute atomic E-state index is 13.1. The standard InChI is InChI=1S/C23H27N3O6S/c1-16-7-10-20(31-2)18(13-16)24-22(27)15-26-19-9-8-17(14-21(19)32-23(26)28)33(29,30)25-11-5-3-4-6-12-25/h7-10,13-14H,3-6,11-12,15H2,1-2H3,(H,24,27). The van der Waals surface area contributed by atoms with Crippen LogP contribution in [0.25, 0.3) is 11.1 Å². The molecule has 9 nitrogen and oxygen atoms in total. The first-order chi connectivity index (χ1) is 15.8. The zero-order valence-electron chi connectivity index (χ0n) is 18.7. The Balaban J connectivity index is 1.59. The number of ether oxygens (including phenoxy) is 1. The van der Waals surface area contributed by atoms with Gasteiger partial charge in [-0.3, -0.25) is 9.36 Å². The average Bonchev–Trinajstić information content (AvgIpc) is 2.95. The van der Waals surface area contributed by atoms with E-state index in [1.807, 2.05) is 13.0 Å². The third kappa shape index (κ3) is 4.81. The average molecular weight is 474 g/mol. The summed E-state index contributed by atoms with van der Waals surface area (Å²) in [6.07, 6.45) is 3.68. The molecule has 3 aromatic rings. The van der Waals surface area contributed by atoms with Crippen molar-refractivity contribution in [3.63, 3.8) is 0 Å². The number of carbonyl (C=O) groups is 1. The summed E-state index contributed by atoms with van der Waals surface area (Å²) in [6.45, 7) is 2.56. The van der Waals surface area contributed by atoms with Gasteiger partial charge in [-0.15, -0.1) is 0 Å². The van der Waals surface area contributed by atoms with Gasteiger partial charge in [-0.25, -0.2) is 13.2 Å². The van der Waals surface area contributed by atoms with Crippen molar-refractivity contribution in [3.05, 3.63) is 52.5 Å². The van der Waals surface area contributed by atoms with Crippen molar-refractivity contribution < 1.29 is 22.4 Å². The lowest BCUT2D eigenvalue weighted by Crippen LogP contribution is -2.31. The molecule has 176 valence electrons. The van der Waals surface area contributed by atoms with Gasteiger partial charge in [0.2, 0.25) is 15.9 Å². The van der Waals surface area contributed by atoms with Gasteiger partial charge in [-0.05, 0) is 49.6 Å². The first-order valence-corrected chi connectivity index (χ1v) is 12.3. The van der Waals surface area contributed by atoms with E-state index >= 15 is 0 Å². The Labute approximate surface area is 192 Å². The molecule has 0 saturated carbocycles. The summed E-state index contributed by atoms with van der Waals surface area (Å²) in [5, 5.41) is 2.75. The summed E-state index contributed by atoms with van der Waals surface area (Å²) < 4.78 is 39.3. The summed E-state index contributed by atoms with van der Waals surface area (Å²) in [6, 6.07) is 9.69. The van der Waals surface area contributed by atoms with Crippen LogP contribution in [-0.4, -0.2) is 43.4 Å². The molecule has 0 spiro atoms. The second-order valence-corrected chi connectivity index (χ2v) is 10.1. The number of aryl methyl sites for hydroxylation is 1. The highest BCUT2D eigenvalue weighted by Crippen LogP contribution is 2.26. The Kier molecular flexibility index (Phi) is 6.57. The minimum absolute atomic E-state index is 0.0757. The van der Waals surface area contributed by atoms with Crippen molar-refractivity contribution >= 4 is 32.7 Å². The van der Waals surface area contributed by atoms with Gasteiger partial charge in [-0.2, -0.15) is 4.31 Å². The van der Waals surface area contributed by atoms with Crippen molar-refractivity contribution in [2.24, 2.45) is 0 Å². The van der Waals surface area contributed by atoms with Gasteiger partial charge in [0, 0.05) is 19.2 Å². The maximum atomic E-state index is 13.1. The molecule has 1 saturated heterocycles. The van der Waals surface area contributed by atoms with E-state index in [0.717, 1.165) is 31.2 Å². The number of oxazole rings is 1. The van der Waals surface area contributed by atoms with E-state index in [9.17, 15) is 18.0 Å². The van der Waals surface area contributed by atoms with E-state index in [4.69, 9.17) is 9.15 Å². The zero-order valence-corrected chi connectivity index (χ0v) is 19.5. The van der Waals surface area contributed by atoms with E-state index in [-0.39, 0.29) is 17.0 Å². The van der Waals surface area contributed by atoms with Crippen LogP contribution in [0, 0.1) is 6.92 Å². The summed E-state index contributed by atoms with van der Waals surface area (Å²) in [5.74, 6) is -0.674. The van der Waals surface area contributed by atoms with Crippen LogP contribution >= 0.6 is 0 Å². The molecule has 2 heterocycles. The lowest BCUT2D eigenvalue weighted by Gasteiger charge is -2.19. The number of nitrogens with one attached hydrogen (secondary N) is 1. The monoisotopic (exact) mass is 473 g/mol. The number of amides is 1. The van der Waals surface area contributed by atoms with Gasteiger partial charge in [0.1, 0.15) is 12.3 Å². The zero-order chi connectivity index (χ0) is 23.6. The van der Waals surface area contributed by atoms with Crippen LogP contribution in [-0.2, 0) is 21.4 Å². The highest BCUT2D eigenvalue weighted by Gasteiger charge is 2.26. The molecule has 10 heteroatoms. The summed E-state index contributed by atoms with van der Waals surface area (Å²) >= 11 is 0. The first kappa shape index (κ1) is 23.1. The van der Waals surface area contributed by atoms with Crippen LogP contribution in [0.3, 0.4) is 0 Å². The molecule has 2 aromatic carbocycles. The van der Waals surface area contributed by atoms with Gasteiger partial charge >= 0.3 is 5.76 Å². The number of fused-ring (bicyclic) bond motifs is 1. The molecule has 0 bridgehead atoms. The Morgan fingerprint density at radius 3 is 2.52 bits per heavy atom. The Bertz CT molecular complexity index is 1330. The lowest BCUT2D eigenvalue weighted by atomic mass is 10.2. The van der Waals surface area contributed by atoms with Crippen LogP contribution < -0.4 is 15.8 Å². The summed E-state index contributed by atoms with van der Waals surface area (Å²) in [4.78, 5) is 25.2. The molecule has 1 aliphatic rings. The SMILES string of the molecule is COc1ccc(C)cc1NC(=O)Cn1c(=O)oc2cc(S(=O)(=O)N3CCCCCC3)ccc21. The Morgan fingerprint density at radius 1 is 1.09 bits per heavy atom. The second kappa shape index (κ2) is 9.40. The van der Waals surface area contributed by atoms with Crippen LogP contribution in [0.4, 0.5) is 5.69 Å². The van der Waals surface area contributed by atoms with Gasteiger partial charge in [0.25, 0.3) is 0 Å². The molecule has 0 radical (unpaired) electrons. The van der Waals surface area contributed by atoms with Gasteiger partial charge < -0.3 is 14.5 Å². The molecule has 1 amide bonds. The summed E-state index contributed by atoms with van der Waals surface area (Å²) in [7, 11) is -2.18. The van der Waals surface area contributed by atoms with Crippen LogP contribution in [0.15, 0.2) is 50.5 Å². The first-order valence-electron chi connectivity index (χ1n) is 10.9. The van der Waals surface area contributed by atoms with Crippen molar-refractivity contribution in [2.45, 2.75) is 44.0 Å².